The van der Waals surface area contributed by atoms with Gasteiger partial charge in [0.15, 0.2) is 0 Å². The molecular weight excluding hydrogens is 248 g/mol. The summed E-state index contributed by atoms with van der Waals surface area (Å²) in [6.45, 7) is 4.24. The van der Waals surface area contributed by atoms with Crippen LogP contribution in [0.2, 0.25) is 0 Å². The number of nitrogen functional groups attached to an aromatic ring is 1. The van der Waals surface area contributed by atoms with E-state index in [0.717, 1.165) is 30.0 Å². The Morgan fingerprint density at radius 2 is 1.85 bits per heavy atom. The first kappa shape index (κ1) is 13.0. The highest BCUT2D eigenvalue weighted by Gasteiger charge is 2.24. The summed E-state index contributed by atoms with van der Waals surface area (Å²) < 4.78 is 1.87. The summed E-state index contributed by atoms with van der Waals surface area (Å²) in [5, 5.41) is 8.11. The highest BCUT2D eigenvalue weighted by molar-refractivity contribution is 5.66. The molecule has 0 radical (unpaired) electrons. The van der Waals surface area contributed by atoms with Gasteiger partial charge in [-0.2, -0.15) is 5.10 Å². The molecule has 0 bridgehead atoms. The molecule has 0 spiro atoms. The molecule has 0 unspecified atom stereocenters. The molecular formula is C16H22N4. The van der Waals surface area contributed by atoms with Crippen molar-refractivity contribution in [1.29, 1.82) is 0 Å². The van der Waals surface area contributed by atoms with Gasteiger partial charge in [0.05, 0.1) is 11.4 Å². The minimum absolute atomic E-state index is 0.345. The molecule has 0 fully saturated rings. The largest absolute Gasteiger partial charge is 0.394 e. The summed E-state index contributed by atoms with van der Waals surface area (Å²) in [6, 6.07) is 9.05. The van der Waals surface area contributed by atoms with Crippen LogP contribution >= 0.6 is 0 Å². The lowest BCUT2D eigenvalue weighted by Crippen LogP contribution is -2.21. The van der Waals surface area contributed by atoms with E-state index in [2.05, 4.69) is 48.5 Å². The zero-order valence-corrected chi connectivity index (χ0v) is 12.4. The number of hydrogen-bond donors (Lipinski definition) is 2. The zero-order chi connectivity index (χ0) is 14.3. The number of nitrogens with zero attached hydrogens (tertiary/aromatic N) is 2. The van der Waals surface area contributed by atoms with Crippen molar-refractivity contribution in [1.82, 2.24) is 9.78 Å². The van der Waals surface area contributed by atoms with E-state index < -0.39 is 0 Å². The van der Waals surface area contributed by atoms with Gasteiger partial charge in [-0.15, -0.1) is 0 Å². The second-order valence-electron chi connectivity index (χ2n) is 5.94. The fourth-order valence-electron chi connectivity index (χ4n) is 3.01. The number of nitrogens with two attached hydrogens (primary N) is 1. The predicted molar refractivity (Wildman–Crippen MR) is 83.0 cm³/mol. The van der Waals surface area contributed by atoms with Gasteiger partial charge < -0.3 is 11.1 Å². The van der Waals surface area contributed by atoms with Crippen LogP contribution in [-0.2, 0) is 19.9 Å². The lowest BCUT2D eigenvalue weighted by molar-refractivity contribution is 0.697. The topological polar surface area (TPSA) is 55.9 Å². The summed E-state index contributed by atoms with van der Waals surface area (Å²) >= 11 is 0. The molecule has 0 amide bonds. The number of nitrogens with one attached hydrogen (secondary N) is 1. The van der Waals surface area contributed by atoms with Crippen LogP contribution < -0.4 is 11.1 Å². The molecule has 1 aromatic heterocycles. The Kier molecular flexibility index (Phi) is 3.16. The Morgan fingerprint density at radius 1 is 1.25 bits per heavy atom. The zero-order valence-electron chi connectivity index (χ0n) is 12.4. The van der Waals surface area contributed by atoms with Gasteiger partial charge in [-0.1, -0.05) is 38.1 Å². The van der Waals surface area contributed by atoms with Crippen LogP contribution in [0.3, 0.4) is 0 Å². The van der Waals surface area contributed by atoms with Gasteiger partial charge in [0.25, 0.3) is 0 Å². The van der Waals surface area contributed by atoms with Crippen LogP contribution in [-0.4, -0.2) is 15.8 Å². The number of hydrogen-bond acceptors (Lipinski definition) is 3. The smallest absolute Gasteiger partial charge is 0.148 e. The Balaban J connectivity index is 1.80. The van der Waals surface area contributed by atoms with E-state index in [1.807, 2.05) is 11.7 Å². The fourth-order valence-corrected chi connectivity index (χ4v) is 3.01. The molecule has 20 heavy (non-hydrogen) atoms. The third-order valence-corrected chi connectivity index (χ3v) is 4.05. The van der Waals surface area contributed by atoms with Gasteiger partial charge in [0.2, 0.25) is 0 Å². The highest BCUT2D eigenvalue weighted by atomic mass is 15.3. The van der Waals surface area contributed by atoms with Gasteiger partial charge in [0, 0.05) is 13.1 Å². The van der Waals surface area contributed by atoms with Gasteiger partial charge in [-0.3, -0.25) is 4.68 Å². The third kappa shape index (κ3) is 2.15. The van der Waals surface area contributed by atoms with Crippen molar-refractivity contribution in [3.05, 3.63) is 41.1 Å². The SMILES string of the molecule is CC(C)c1nn(C)c(NC2Cc3ccccc3C2)c1N. The van der Waals surface area contributed by atoms with Gasteiger partial charge in [0.1, 0.15) is 5.82 Å². The molecule has 1 aliphatic carbocycles. The van der Waals surface area contributed by atoms with Crippen LogP contribution in [0.4, 0.5) is 11.5 Å². The lowest BCUT2D eigenvalue weighted by atomic mass is 10.1. The van der Waals surface area contributed by atoms with Crippen molar-refractivity contribution in [2.24, 2.45) is 7.05 Å². The second-order valence-corrected chi connectivity index (χ2v) is 5.94. The Hall–Kier alpha value is -1.97. The number of aryl methyl sites for hydroxylation is 1. The highest BCUT2D eigenvalue weighted by Crippen LogP contribution is 2.30. The molecule has 1 heterocycles. The number of aromatic nitrogens is 2. The third-order valence-electron chi connectivity index (χ3n) is 4.05. The maximum Gasteiger partial charge on any atom is 0.148 e. The van der Waals surface area contributed by atoms with Crippen molar-refractivity contribution < 1.29 is 0 Å². The molecule has 0 aliphatic heterocycles. The van der Waals surface area contributed by atoms with Crippen LogP contribution in [0.25, 0.3) is 0 Å². The molecule has 0 saturated carbocycles. The fraction of sp³-hybridized carbons (Fsp3) is 0.438. The molecule has 4 nitrogen and oxygen atoms in total. The first-order valence-electron chi connectivity index (χ1n) is 7.22. The average Bonchev–Trinajstić information content (AvgIpc) is 2.94. The van der Waals surface area contributed by atoms with E-state index in [9.17, 15) is 0 Å². The summed E-state index contributed by atoms with van der Waals surface area (Å²) in [5.74, 6) is 1.30. The van der Waals surface area contributed by atoms with Crippen LogP contribution in [0, 0.1) is 0 Å². The van der Waals surface area contributed by atoms with E-state index in [4.69, 9.17) is 5.73 Å². The molecule has 4 heteroatoms. The van der Waals surface area contributed by atoms with Gasteiger partial charge in [-0.25, -0.2) is 0 Å². The monoisotopic (exact) mass is 270 g/mol. The van der Waals surface area contributed by atoms with E-state index in [-0.39, 0.29) is 0 Å². The minimum atomic E-state index is 0.345. The number of anilines is 2. The average molecular weight is 270 g/mol. The number of fused-ring (bicyclic) bond motifs is 1. The Morgan fingerprint density at radius 3 is 2.35 bits per heavy atom. The van der Waals surface area contributed by atoms with Crippen LogP contribution in [0.1, 0.15) is 36.6 Å². The first-order valence-corrected chi connectivity index (χ1v) is 7.22. The van der Waals surface area contributed by atoms with Gasteiger partial charge >= 0.3 is 0 Å². The first-order chi connectivity index (χ1) is 9.56. The van der Waals surface area contributed by atoms with Crippen molar-refractivity contribution in [2.45, 2.75) is 38.6 Å². The van der Waals surface area contributed by atoms with Crippen molar-refractivity contribution >= 4 is 11.5 Å². The lowest BCUT2D eigenvalue weighted by Gasteiger charge is -2.14. The van der Waals surface area contributed by atoms with Crippen molar-refractivity contribution in [3.8, 4) is 0 Å². The van der Waals surface area contributed by atoms with Gasteiger partial charge in [-0.05, 0) is 29.9 Å². The van der Waals surface area contributed by atoms with E-state index >= 15 is 0 Å². The maximum absolute atomic E-state index is 6.24. The maximum atomic E-state index is 6.24. The Bertz CT molecular complexity index is 602. The number of rotatable bonds is 3. The Labute approximate surface area is 120 Å². The standard InChI is InChI=1S/C16H22N4/c1-10(2)15-14(17)16(20(3)19-15)18-13-8-11-6-4-5-7-12(11)9-13/h4-7,10,13,18H,8-9,17H2,1-3H3. The normalized spacial score (nSPS) is 14.8. The van der Waals surface area contributed by atoms with Crippen molar-refractivity contribution in [3.63, 3.8) is 0 Å². The molecule has 3 N–H and O–H groups in total. The second kappa shape index (κ2) is 4.85. The molecule has 0 saturated heterocycles. The molecule has 106 valence electrons. The quantitative estimate of drug-likeness (QED) is 0.901. The molecule has 1 aliphatic rings. The molecule has 2 aromatic rings. The van der Waals surface area contributed by atoms with E-state index in [1.165, 1.54) is 11.1 Å². The van der Waals surface area contributed by atoms with Crippen LogP contribution in [0.15, 0.2) is 24.3 Å². The van der Waals surface area contributed by atoms with E-state index in [1.54, 1.807) is 0 Å². The van der Waals surface area contributed by atoms with Crippen LogP contribution in [0.5, 0.6) is 0 Å². The summed E-state index contributed by atoms with van der Waals surface area (Å²) in [6.07, 6.45) is 2.11. The number of benzene rings is 1. The minimum Gasteiger partial charge on any atom is -0.394 e. The molecule has 1 aromatic carbocycles. The van der Waals surface area contributed by atoms with E-state index in [0.29, 0.717) is 12.0 Å². The summed E-state index contributed by atoms with van der Waals surface area (Å²) in [5.41, 5.74) is 10.9. The summed E-state index contributed by atoms with van der Waals surface area (Å²) in [7, 11) is 1.95. The molecule has 0 atom stereocenters. The van der Waals surface area contributed by atoms with Crippen molar-refractivity contribution in [2.75, 3.05) is 11.1 Å². The predicted octanol–water partition coefficient (Wildman–Crippen LogP) is 2.71. The molecule has 3 rings (SSSR count). The summed E-state index contributed by atoms with van der Waals surface area (Å²) in [4.78, 5) is 0.